The van der Waals surface area contributed by atoms with E-state index in [9.17, 15) is 4.79 Å². The van der Waals surface area contributed by atoms with E-state index in [4.69, 9.17) is 4.98 Å². The van der Waals surface area contributed by atoms with Crippen molar-refractivity contribution in [3.8, 4) is 0 Å². The van der Waals surface area contributed by atoms with E-state index in [1.807, 2.05) is 32.1 Å². The molecule has 7 heteroatoms. The SMILES string of the molecule is Cc1ncc(CN(C)C)c(C2CCCN2C(=O)c2n[nH]c3c2CCC3)n1. The highest BCUT2D eigenvalue weighted by molar-refractivity contribution is 5.94. The number of aromatic amines is 1. The number of nitrogens with one attached hydrogen (secondary N) is 1. The third kappa shape index (κ3) is 3.00. The molecule has 2 aromatic rings. The molecule has 0 saturated carbocycles. The van der Waals surface area contributed by atoms with Crippen molar-refractivity contribution in [3.63, 3.8) is 0 Å². The van der Waals surface area contributed by atoms with Crippen LogP contribution in [0, 0.1) is 6.92 Å². The van der Waals surface area contributed by atoms with E-state index in [1.165, 1.54) is 0 Å². The van der Waals surface area contributed by atoms with Gasteiger partial charge in [-0.05, 0) is 53.1 Å². The summed E-state index contributed by atoms with van der Waals surface area (Å²) in [6.45, 7) is 3.44. The fourth-order valence-corrected chi connectivity index (χ4v) is 4.19. The Labute approximate surface area is 153 Å². The Balaban J connectivity index is 1.66. The smallest absolute Gasteiger partial charge is 0.275 e. The molecule has 2 aliphatic rings. The summed E-state index contributed by atoms with van der Waals surface area (Å²) < 4.78 is 0. The zero-order valence-corrected chi connectivity index (χ0v) is 15.7. The average molecular weight is 354 g/mol. The van der Waals surface area contributed by atoms with E-state index < -0.39 is 0 Å². The number of aryl methyl sites for hydroxylation is 2. The lowest BCUT2D eigenvalue weighted by Gasteiger charge is -2.26. The van der Waals surface area contributed by atoms with Crippen LogP contribution in [0.3, 0.4) is 0 Å². The number of amides is 1. The molecule has 0 bridgehead atoms. The summed E-state index contributed by atoms with van der Waals surface area (Å²) in [6.07, 6.45) is 6.89. The van der Waals surface area contributed by atoms with Gasteiger partial charge >= 0.3 is 0 Å². The Morgan fingerprint density at radius 3 is 3.00 bits per heavy atom. The van der Waals surface area contributed by atoms with Gasteiger partial charge in [-0.1, -0.05) is 0 Å². The number of likely N-dealkylation sites (tertiary alicyclic amines) is 1. The van der Waals surface area contributed by atoms with Crippen molar-refractivity contribution in [1.29, 1.82) is 0 Å². The Hall–Kier alpha value is -2.28. The van der Waals surface area contributed by atoms with Gasteiger partial charge in [-0.15, -0.1) is 0 Å². The summed E-state index contributed by atoms with van der Waals surface area (Å²) in [7, 11) is 4.07. The van der Waals surface area contributed by atoms with Gasteiger partial charge in [0.25, 0.3) is 5.91 Å². The van der Waals surface area contributed by atoms with Crippen LogP contribution in [-0.2, 0) is 19.4 Å². The molecule has 1 aliphatic carbocycles. The predicted octanol–water partition coefficient (Wildman–Crippen LogP) is 2.04. The summed E-state index contributed by atoms with van der Waals surface area (Å²) in [5, 5.41) is 7.40. The summed E-state index contributed by atoms with van der Waals surface area (Å²) in [5.41, 5.74) is 4.95. The third-order valence-corrected chi connectivity index (χ3v) is 5.34. The standard InChI is InChI=1S/C19H26N6O/c1-12-20-10-13(11-24(2)3)17(21-12)16-8-5-9-25(16)19(26)18-14-6-4-7-15(14)22-23-18/h10,16H,4-9,11H2,1-3H3,(H,22,23). The summed E-state index contributed by atoms with van der Waals surface area (Å²) in [5.74, 6) is 0.793. The van der Waals surface area contributed by atoms with Crippen molar-refractivity contribution in [1.82, 2.24) is 30.0 Å². The summed E-state index contributed by atoms with van der Waals surface area (Å²) in [4.78, 5) is 26.4. The van der Waals surface area contributed by atoms with E-state index in [2.05, 4.69) is 20.1 Å². The molecule has 0 spiro atoms. The summed E-state index contributed by atoms with van der Waals surface area (Å²) >= 11 is 0. The fourth-order valence-electron chi connectivity index (χ4n) is 4.19. The number of hydrogen-bond donors (Lipinski definition) is 1. The van der Waals surface area contributed by atoms with Gasteiger partial charge in [0.1, 0.15) is 5.82 Å². The molecule has 26 heavy (non-hydrogen) atoms. The summed E-state index contributed by atoms with van der Waals surface area (Å²) in [6, 6.07) is 0.00732. The minimum Gasteiger partial charge on any atom is -0.329 e. The van der Waals surface area contributed by atoms with Crippen LogP contribution in [0.15, 0.2) is 6.20 Å². The van der Waals surface area contributed by atoms with E-state index >= 15 is 0 Å². The van der Waals surface area contributed by atoms with Crippen molar-refractivity contribution in [2.24, 2.45) is 0 Å². The maximum absolute atomic E-state index is 13.3. The number of aromatic nitrogens is 4. The fraction of sp³-hybridized carbons (Fsp3) is 0.579. The van der Waals surface area contributed by atoms with Crippen molar-refractivity contribution in [3.05, 3.63) is 40.2 Å². The lowest BCUT2D eigenvalue weighted by Crippen LogP contribution is -2.33. The first-order chi connectivity index (χ1) is 12.5. The molecule has 1 unspecified atom stereocenters. The first-order valence-electron chi connectivity index (χ1n) is 9.39. The number of rotatable bonds is 4. The molecule has 1 atom stereocenters. The van der Waals surface area contributed by atoms with Crippen molar-refractivity contribution >= 4 is 5.91 Å². The number of hydrogen-bond acceptors (Lipinski definition) is 5. The van der Waals surface area contributed by atoms with E-state index in [-0.39, 0.29) is 11.9 Å². The number of carbonyl (C=O) groups excluding carboxylic acids is 1. The van der Waals surface area contributed by atoms with Crippen LogP contribution in [-0.4, -0.2) is 56.5 Å². The van der Waals surface area contributed by atoms with Crippen LogP contribution in [0.1, 0.15) is 64.1 Å². The second-order valence-corrected chi connectivity index (χ2v) is 7.60. The van der Waals surface area contributed by atoms with E-state index in [0.29, 0.717) is 5.69 Å². The molecule has 0 radical (unpaired) electrons. The maximum Gasteiger partial charge on any atom is 0.275 e. The van der Waals surface area contributed by atoms with Crippen molar-refractivity contribution in [2.45, 2.75) is 51.6 Å². The molecule has 7 nitrogen and oxygen atoms in total. The van der Waals surface area contributed by atoms with Crippen molar-refractivity contribution < 1.29 is 4.79 Å². The largest absolute Gasteiger partial charge is 0.329 e. The highest BCUT2D eigenvalue weighted by Gasteiger charge is 2.36. The van der Waals surface area contributed by atoms with Gasteiger partial charge in [0.2, 0.25) is 0 Å². The van der Waals surface area contributed by atoms with Gasteiger partial charge < -0.3 is 9.80 Å². The minimum atomic E-state index is 0.00732. The zero-order valence-electron chi connectivity index (χ0n) is 15.7. The number of carbonyl (C=O) groups is 1. The van der Waals surface area contributed by atoms with E-state index in [1.54, 1.807) is 0 Å². The topological polar surface area (TPSA) is 78.0 Å². The normalized spacial score (nSPS) is 19.4. The number of fused-ring (bicyclic) bond motifs is 1. The van der Waals surface area contributed by atoms with Gasteiger partial charge in [-0.2, -0.15) is 5.10 Å². The number of nitrogens with zero attached hydrogens (tertiary/aromatic N) is 5. The third-order valence-electron chi connectivity index (χ3n) is 5.34. The molecular weight excluding hydrogens is 328 g/mol. The highest BCUT2D eigenvalue weighted by atomic mass is 16.2. The van der Waals surface area contributed by atoms with Gasteiger partial charge in [0.05, 0.1) is 11.7 Å². The zero-order chi connectivity index (χ0) is 18.3. The Morgan fingerprint density at radius 2 is 2.19 bits per heavy atom. The molecular formula is C19H26N6O. The lowest BCUT2D eigenvalue weighted by molar-refractivity contribution is 0.0724. The van der Waals surface area contributed by atoms with Crippen LogP contribution in [0.4, 0.5) is 0 Å². The maximum atomic E-state index is 13.3. The Morgan fingerprint density at radius 1 is 1.35 bits per heavy atom. The molecule has 1 saturated heterocycles. The van der Waals surface area contributed by atoms with Crippen LogP contribution < -0.4 is 0 Å². The second-order valence-electron chi connectivity index (χ2n) is 7.60. The predicted molar refractivity (Wildman–Crippen MR) is 97.8 cm³/mol. The minimum absolute atomic E-state index is 0.00732. The monoisotopic (exact) mass is 354 g/mol. The van der Waals surface area contributed by atoms with Crippen LogP contribution in [0.25, 0.3) is 0 Å². The molecule has 1 N–H and O–H groups in total. The Kier molecular flexibility index (Phi) is 4.48. The van der Waals surface area contributed by atoms with E-state index in [0.717, 1.165) is 73.5 Å². The molecule has 1 aliphatic heterocycles. The average Bonchev–Trinajstić information content (AvgIpc) is 3.31. The van der Waals surface area contributed by atoms with Gasteiger partial charge in [0, 0.05) is 36.1 Å². The molecule has 1 amide bonds. The molecule has 4 rings (SSSR count). The number of H-pyrrole nitrogens is 1. The second kappa shape index (κ2) is 6.79. The van der Waals surface area contributed by atoms with Gasteiger partial charge in [-0.3, -0.25) is 9.89 Å². The quantitative estimate of drug-likeness (QED) is 0.909. The first kappa shape index (κ1) is 17.1. The van der Waals surface area contributed by atoms with Gasteiger partial charge in [-0.25, -0.2) is 9.97 Å². The first-order valence-corrected chi connectivity index (χ1v) is 9.39. The Bertz CT molecular complexity index is 827. The van der Waals surface area contributed by atoms with Crippen molar-refractivity contribution in [2.75, 3.05) is 20.6 Å². The van der Waals surface area contributed by atoms with Crippen LogP contribution in [0.5, 0.6) is 0 Å². The lowest BCUT2D eigenvalue weighted by atomic mass is 10.0. The van der Waals surface area contributed by atoms with Gasteiger partial charge in [0.15, 0.2) is 5.69 Å². The molecule has 2 aromatic heterocycles. The molecule has 0 aromatic carbocycles. The molecule has 138 valence electrons. The molecule has 3 heterocycles. The van der Waals surface area contributed by atoms with Crippen LogP contribution in [0.2, 0.25) is 0 Å². The van der Waals surface area contributed by atoms with Crippen LogP contribution >= 0.6 is 0 Å². The highest BCUT2D eigenvalue weighted by Crippen LogP contribution is 2.35. The molecule has 1 fully saturated rings.